The van der Waals surface area contributed by atoms with Crippen molar-refractivity contribution in [2.24, 2.45) is 4.99 Å². The van der Waals surface area contributed by atoms with Crippen molar-refractivity contribution in [1.82, 2.24) is 10.0 Å². The number of amidine groups is 1. The van der Waals surface area contributed by atoms with Gasteiger partial charge >= 0.3 is 0 Å². The lowest BCUT2D eigenvalue weighted by atomic mass is 10.0. The highest BCUT2D eigenvalue weighted by atomic mass is 32.2. The van der Waals surface area contributed by atoms with Crippen LogP contribution in [-0.4, -0.2) is 38.7 Å². The van der Waals surface area contributed by atoms with Gasteiger partial charge in [-0.25, -0.2) is 8.42 Å². The van der Waals surface area contributed by atoms with Gasteiger partial charge in [-0.2, -0.15) is 0 Å². The molecule has 3 aromatic carbocycles. The molecular weight excluding hydrogens is 464 g/mol. The fraction of sp³-hybridized carbons (Fsp3) is 0.192. The smallest absolute Gasteiger partial charge is 0.262 e. The van der Waals surface area contributed by atoms with Gasteiger partial charge in [0.15, 0.2) is 0 Å². The van der Waals surface area contributed by atoms with Crippen LogP contribution in [0.1, 0.15) is 28.8 Å². The summed E-state index contributed by atoms with van der Waals surface area (Å²) < 4.78 is 28.0. The predicted octanol–water partition coefficient (Wildman–Crippen LogP) is 3.14. The summed E-state index contributed by atoms with van der Waals surface area (Å²) in [6, 6.07) is 23.1. The summed E-state index contributed by atoms with van der Waals surface area (Å²) in [6.45, 7) is 0.603. The fourth-order valence-electron chi connectivity index (χ4n) is 3.70. The minimum atomic E-state index is -3.83. The maximum absolute atomic E-state index is 13.2. The summed E-state index contributed by atoms with van der Waals surface area (Å²) >= 11 is 0. The summed E-state index contributed by atoms with van der Waals surface area (Å²) in [5, 5.41) is 5.55. The van der Waals surface area contributed by atoms with E-state index in [9.17, 15) is 18.0 Å². The Kier molecular flexibility index (Phi) is 7.57. The van der Waals surface area contributed by atoms with E-state index >= 15 is 0 Å². The van der Waals surface area contributed by atoms with Crippen molar-refractivity contribution in [2.45, 2.75) is 30.2 Å². The molecule has 0 fully saturated rings. The molecule has 0 radical (unpaired) electrons. The third-order valence-corrected chi connectivity index (χ3v) is 6.86. The molecule has 1 aliphatic heterocycles. The number of sulfonamides is 1. The third kappa shape index (κ3) is 6.54. The second kappa shape index (κ2) is 11.0. The molecule has 1 aliphatic rings. The quantitative estimate of drug-likeness (QED) is 0.450. The first-order valence-electron chi connectivity index (χ1n) is 11.3. The number of hydrogen-bond acceptors (Lipinski definition) is 5. The zero-order chi connectivity index (χ0) is 24.7. The molecule has 3 aromatic rings. The van der Waals surface area contributed by atoms with Crippen molar-refractivity contribution in [3.8, 4) is 0 Å². The summed E-state index contributed by atoms with van der Waals surface area (Å²) in [5.41, 5.74) is 1.62. The van der Waals surface area contributed by atoms with Gasteiger partial charge in [-0.05, 0) is 42.3 Å². The lowest BCUT2D eigenvalue weighted by Gasteiger charge is -2.19. The number of nitrogens with zero attached hydrogens (tertiary/aromatic N) is 1. The molecule has 0 aromatic heterocycles. The van der Waals surface area contributed by atoms with Gasteiger partial charge in [-0.1, -0.05) is 54.6 Å². The Labute approximate surface area is 204 Å². The molecule has 35 heavy (non-hydrogen) atoms. The second-order valence-electron chi connectivity index (χ2n) is 8.14. The monoisotopic (exact) mass is 490 g/mol. The zero-order valence-corrected chi connectivity index (χ0v) is 19.8. The number of hydrogen-bond donors (Lipinski definition) is 3. The zero-order valence-electron chi connectivity index (χ0n) is 19.0. The van der Waals surface area contributed by atoms with Crippen LogP contribution < -0.4 is 15.4 Å². The topological polar surface area (TPSA) is 117 Å². The molecule has 4 rings (SSSR count). The molecule has 8 nitrogen and oxygen atoms in total. The van der Waals surface area contributed by atoms with Crippen LogP contribution in [0.3, 0.4) is 0 Å². The van der Waals surface area contributed by atoms with Crippen molar-refractivity contribution in [2.75, 3.05) is 11.9 Å². The first-order chi connectivity index (χ1) is 16.9. The molecule has 2 amide bonds. The molecule has 3 N–H and O–H groups in total. The minimum Gasteiger partial charge on any atom is -0.340 e. The van der Waals surface area contributed by atoms with E-state index in [0.717, 1.165) is 12.0 Å². The van der Waals surface area contributed by atoms with E-state index in [1.54, 1.807) is 42.5 Å². The summed E-state index contributed by atoms with van der Waals surface area (Å²) in [4.78, 5) is 30.1. The van der Waals surface area contributed by atoms with E-state index in [1.165, 1.54) is 12.1 Å². The maximum atomic E-state index is 13.2. The Hall–Kier alpha value is -3.98. The summed E-state index contributed by atoms with van der Waals surface area (Å²) in [7, 11) is -3.83. The Bertz CT molecular complexity index is 1330. The third-order valence-electron chi connectivity index (χ3n) is 5.48. The molecule has 0 unspecified atom stereocenters. The SMILES string of the molecule is O=C(N[C@H](Cc1ccccc1)C(=O)Nc1cccc(S(=O)(=O)NC2=NCCC2)c1)c1ccccc1. The first-order valence-corrected chi connectivity index (χ1v) is 12.8. The second-order valence-corrected chi connectivity index (χ2v) is 9.82. The lowest BCUT2D eigenvalue weighted by molar-refractivity contribution is -0.118. The van der Waals surface area contributed by atoms with Crippen LogP contribution in [0.25, 0.3) is 0 Å². The molecule has 1 heterocycles. The average molecular weight is 491 g/mol. The number of nitrogens with one attached hydrogen (secondary N) is 3. The number of aliphatic imine (C=N–C) groups is 1. The Morgan fingerprint density at radius 1 is 0.914 bits per heavy atom. The highest BCUT2D eigenvalue weighted by Gasteiger charge is 2.23. The molecular formula is C26H26N4O4S. The van der Waals surface area contributed by atoms with Gasteiger partial charge in [0, 0.05) is 30.6 Å². The van der Waals surface area contributed by atoms with Gasteiger partial charge in [0.05, 0.1) is 4.90 Å². The predicted molar refractivity (Wildman–Crippen MR) is 135 cm³/mol. The van der Waals surface area contributed by atoms with Crippen LogP contribution >= 0.6 is 0 Å². The van der Waals surface area contributed by atoms with Crippen molar-refractivity contribution >= 4 is 33.4 Å². The number of rotatable bonds is 8. The van der Waals surface area contributed by atoms with E-state index in [0.29, 0.717) is 30.1 Å². The number of anilines is 1. The van der Waals surface area contributed by atoms with E-state index in [4.69, 9.17) is 0 Å². The van der Waals surface area contributed by atoms with Crippen molar-refractivity contribution in [3.63, 3.8) is 0 Å². The highest BCUT2D eigenvalue weighted by molar-refractivity contribution is 7.90. The van der Waals surface area contributed by atoms with E-state index in [-0.39, 0.29) is 17.2 Å². The standard InChI is InChI=1S/C26H26N4O4S/c31-25(20-11-5-2-6-12-20)29-23(17-19-9-3-1-4-10-19)26(32)28-21-13-7-14-22(18-21)35(33,34)30-24-15-8-16-27-24/h1-7,9-14,18,23H,8,15-17H2,(H,27,30)(H,28,32)(H,29,31)/t23-/m1/s1. The minimum absolute atomic E-state index is 0.0119. The van der Waals surface area contributed by atoms with Gasteiger partial charge in [-0.3, -0.25) is 19.3 Å². The number of carbonyl (C=O) groups is 2. The summed E-state index contributed by atoms with van der Waals surface area (Å²) in [5.74, 6) is -0.397. The first kappa shape index (κ1) is 24.2. The maximum Gasteiger partial charge on any atom is 0.262 e. The van der Waals surface area contributed by atoms with E-state index in [2.05, 4.69) is 20.3 Å². The van der Waals surface area contributed by atoms with Crippen LogP contribution in [0.15, 0.2) is 94.8 Å². The molecule has 0 spiro atoms. The average Bonchev–Trinajstić information content (AvgIpc) is 3.37. The van der Waals surface area contributed by atoms with Gasteiger partial charge in [0.25, 0.3) is 15.9 Å². The van der Waals surface area contributed by atoms with Crippen LogP contribution in [0.2, 0.25) is 0 Å². The van der Waals surface area contributed by atoms with Crippen molar-refractivity contribution < 1.29 is 18.0 Å². The van der Waals surface area contributed by atoms with Crippen molar-refractivity contribution in [1.29, 1.82) is 0 Å². The summed E-state index contributed by atoms with van der Waals surface area (Å²) in [6.07, 6.45) is 1.66. The van der Waals surface area contributed by atoms with Crippen LogP contribution in [-0.2, 0) is 21.2 Å². The molecule has 0 saturated carbocycles. The van der Waals surface area contributed by atoms with Crippen molar-refractivity contribution in [3.05, 3.63) is 96.1 Å². The largest absolute Gasteiger partial charge is 0.340 e. The van der Waals surface area contributed by atoms with Crippen LogP contribution in [0.4, 0.5) is 5.69 Å². The number of carbonyl (C=O) groups excluding carboxylic acids is 2. The van der Waals surface area contributed by atoms with Gasteiger partial charge in [-0.15, -0.1) is 0 Å². The van der Waals surface area contributed by atoms with E-state index < -0.39 is 22.0 Å². The van der Waals surface area contributed by atoms with Gasteiger partial charge in [0.1, 0.15) is 11.9 Å². The van der Waals surface area contributed by atoms with Crippen LogP contribution in [0.5, 0.6) is 0 Å². The Balaban J connectivity index is 1.52. The Morgan fingerprint density at radius 2 is 1.63 bits per heavy atom. The fourth-order valence-corrected chi connectivity index (χ4v) is 4.83. The van der Waals surface area contributed by atoms with E-state index in [1.807, 2.05) is 30.3 Å². The Morgan fingerprint density at radius 3 is 2.31 bits per heavy atom. The molecule has 180 valence electrons. The highest BCUT2D eigenvalue weighted by Crippen LogP contribution is 2.17. The molecule has 9 heteroatoms. The molecule has 0 bridgehead atoms. The molecule has 0 aliphatic carbocycles. The normalized spacial score (nSPS) is 14.0. The van der Waals surface area contributed by atoms with Gasteiger partial charge in [0.2, 0.25) is 5.91 Å². The molecule has 0 saturated heterocycles. The number of amides is 2. The van der Waals surface area contributed by atoms with Gasteiger partial charge < -0.3 is 10.6 Å². The molecule has 1 atom stereocenters. The lowest BCUT2D eigenvalue weighted by Crippen LogP contribution is -2.45. The van der Waals surface area contributed by atoms with Crippen LogP contribution in [0, 0.1) is 0 Å². The number of benzene rings is 3.